The number of hydrogen-bond donors (Lipinski definition) is 1. The van der Waals surface area contributed by atoms with Gasteiger partial charge in [0.1, 0.15) is 0 Å². The molecular formula is C23H22N2O2. The van der Waals surface area contributed by atoms with Crippen LogP contribution in [0.25, 0.3) is 0 Å². The van der Waals surface area contributed by atoms with Crippen LogP contribution in [0.3, 0.4) is 0 Å². The van der Waals surface area contributed by atoms with E-state index in [9.17, 15) is 4.79 Å². The first kappa shape index (κ1) is 18.5. The highest BCUT2D eigenvalue weighted by atomic mass is 16.4. The fourth-order valence-corrected chi connectivity index (χ4v) is 3.05. The smallest absolute Gasteiger partial charge is 0.303 e. The summed E-state index contributed by atoms with van der Waals surface area (Å²) in [5.74, 6) is -0.817. The molecular weight excluding hydrogens is 336 g/mol. The SMILES string of the molecule is CCc1nccc(N=C(c2ccccc2)c2ccccc2)c1CCC(=O)O. The zero-order valence-electron chi connectivity index (χ0n) is 15.3. The maximum atomic E-state index is 11.1. The van der Waals surface area contributed by atoms with Gasteiger partial charge in [-0.15, -0.1) is 0 Å². The summed E-state index contributed by atoms with van der Waals surface area (Å²) < 4.78 is 0. The normalized spacial score (nSPS) is 10.4. The molecule has 1 heterocycles. The molecule has 0 unspecified atom stereocenters. The van der Waals surface area contributed by atoms with E-state index in [1.807, 2.05) is 73.7 Å². The van der Waals surface area contributed by atoms with Crippen molar-refractivity contribution in [3.63, 3.8) is 0 Å². The van der Waals surface area contributed by atoms with Gasteiger partial charge in [-0.2, -0.15) is 0 Å². The Morgan fingerprint density at radius 1 is 0.963 bits per heavy atom. The number of aromatic nitrogens is 1. The summed E-state index contributed by atoms with van der Waals surface area (Å²) in [7, 11) is 0. The second-order valence-electron chi connectivity index (χ2n) is 6.20. The second kappa shape index (κ2) is 8.90. The van der Waals surface area contributed by atoms with Gasteiger partial charge in [0, 0.05) is 29.4 Å². The average molecular weight is 358 g/mol. The number of aryl methyl sites for hydroxylation is 1. The van der Waals surface area contributed by atoms with E-state index in [0.717, 1.165) is 40.2 Å². The molecule has 0 aliphatic heterocycles. The van der Waals surface area contributed by atoms with Crippen LogP contribution in [-0.4, -0.2) is 21.8 Å². The van der Waals surface area contributed by atoms with Crippen molar-refractivity contribution in [2.75, 3.05) is 0 Å². The molecule has 4 nitrogen and oxygen atoms in total. The Morgan fingerprint density at radius 3 is 2.07 bits per heavy atom. The van der Waals surface area contributed by atoms with Crippen LogP contribution >= 0.6 is 0 Å². The Labute approximate surface area is 159 Å². The molecule has 1 N–H and O–H groups in total. The first-order chi connectivity index (χ1) is 13.2. The van der Waals surface area contributed by atoms with E-state index in [1.165, 1.54) is 0 Å². The molecule has 1 aromatic heterocycles. The van der Waals surface area contributed by atoms with Crippen LogP contribution in [0, 0.1) is 0 Å². The first-order valence-corrected chi connectivity index (χ1v) is 9.07. The van der Waals surface area contributed by atoms with E-state index in [4.69, 9.17) is 10.1 Å². The molecule has 0 spiro atoms. The Morgan fingerprint density at radius 2 is 1.56 bits per heavy atom. The molecule has 0 radical (unpaired) electrons. The minimum atomic E-state index is -0.817. The van der Waals surface area contributed by atoms with Gasteiger partial charge >= 0.3 is 5.97 Å². The molecule has 0 fully saturated rings. The Hall–Kier alpha value is -3.27. The second-order valence-corrected chi connectivity index (χ2v) is 6.20. The predicted molar refractivity (Wildman–Crippen MR) is 108 cm³/mol. The Bertz CT molecular complexity index is 894. The van der Waals surface area contributed by atoms with E-state index < -0.39 is 5.97 Å². The average Bonchev–Trinajstić information content (AvgIpc) is 2.71. The zero-order chi connectivity index (χ0) is 19.1. The van der Waals surface area contributed by atoms with E-state index in [0.29, 0.717) is 6.42 Å². The maximum absolute atomic E-state index is 11.1. The quantitative estimate of drug-likeness (QED) is 0.615. The molecule has 0 aliphatic rings. The highest BCUT2D eigenvalue weighted by molar-refractivity contribution is 6.14. The third kappa shape index (κ3) is 4.67. The van der Waals surface area contributed by atoms with Gasteiger partial charge < -0.3 is 5.11 Å². The number of aliphatic imine (C=N–C) groups is 1. The summed E-state index contributed by atoms with van der Waals surface area (Å²) in [5.41, 5.74) is 5.49. The summed E-state index contributed by atoms with van der Waals surface area (Å²) >= 11 is 0. The molecule has 27 heavy (non-hydrogen) atoms. The van der Waals surface area contributed by atoms with Crippen LogP contribution in [0.1, 0.15) is 35.7 Å². The van der Waals surface area contributed by atoms with Crippen molar-refractivity contribution in [2.45, 2.75) is 26.2 Å². The monoisotopic (exact) mass is 358 g/mol. The number of carboxylic acid groups (broad SMARTS) is 1. The van der Waals surface area contributed by atoms with E-state index in [2.05, 4.69) is 4.98 Å². The maximum Gasteiger partial charge on any atom is 0.303 e. The number of rotatable bonds is 7. The molecule has 0 aliphatic carbocycles. The van der Waals surface area contributed by atoms with Crippen LogP contribution in [0.5, 0.6) is 0 Å². The fraction of sp³-hybridized carbons (Fsp3) is 0.174. The number of hydrogen-bond acceptors (Lipinski definition) is 3. The molecule has 2 aromatic carbocycles. The van der Waals surface area contributed by atoms with E-state index in [1.54, 1.807) is 6.20 Å². The number of nitrogens with zero attached hydrogens (tertiary/aromatic N) is 2. The van der Waals surface area contributed by atoms with Gasteiger partial charge in [0.05, 0.1) is 11.4 Å². The molecule has 136 valence electrons. The molecule has 0 atom stereocenters. The molecule has 3 aromatic rings. The predicted octanol–water partition coefficient (Wildman–Crippen LogP) is 4.83. The van der Waals surface area contributed by atoms with Gasteiger partial charge in [0.25, 0.3) is 0 Å². The molecule has 0 amide bonds. The molecule has 0 saturated heterocycles. The van der Waals surface area contributed by atoms with E-state index in [-0.39, 0.29) is 6.42 Å². The molecule has 0 bridgehead atoms. The molecule has 0 saturated carbocycles. The van der Waals surface area contributed by atoms with Crippen molar-refractivity contribution in [1.82, 2.24) is 4.98 Å². The summed E-state index contributed by atoms with van der Waals surface area (Å²) in [6.45, 7) is 2.02. The molecule has 4 heteroatoms. The van der Waals surface area contributed by atoms with Crippen molar-refractivity contribution < 1.29 is 9.90 Å². The van der Waals surface area contributed by atoms with Gasteiger partial charge in [-0.25, -0.2) is 4.99 Å². The topological polar surface area (TPSA) is 62.5 Å². The Kier molecular flexibility index (Phi) is 6.10. The Balaban J connectivity index is 2.14. The minimum Gasteiger partial charge on any atom is -0.481 e. The standard InChI is InChI=1S/C23H22N2O2/c1-2-20-19(13-14-22(26)27)21(15-16-24-20)25-23(17-9-5-3-6-10-17)18-11-7-4-8-12-18/h3-12,15-16H,2,13-14H2,1H3,(H,26,27). The number of aliphatic carboxylic acids is 1. The third-order valence-electron chi connectivity index (χ3n) is 4.37. The number of carbonyl (C=O) groups is 1. The first-order valence-electron chi connectivity index (χ1n) is 9.07. The largest absolute Gasteiger partial charge is 0.481 e. The summed E-state index contributed by atoms with van der Waals surface area (Å²) in [6.07, 6.45) is 2.97. The highest BCUT2D eigenvalue weighted by Gasteiger charge is 2.13. The van der Waals surface area contributed by atoms with Crippen LogP contribution in [0.4, 0.5) is 5.69 Å². The van der Waals surface area contributed by atoms with Crippen molar-refractivity contribution in [3.8, 4) is 0 Å². The number of carboxylic acids is 1. The summed E-state index contributed by atoms with van der Waals surface area (Å²) in [5, 5.41) is 9.11. The van der Waals surface area contributed by atoms with Gasteiger partial charge in [-0.05, 0) is 24.5 Å². The number of pyridine rings is 1. The van der Waals surface area contributed by atoms with Crippen molar-refractivity contribution in [1.29, 1.82) is 0 Å². The number of benzene rings is 2. The van der Waals surface area contributed by atoms with Gasteiger partial charge in [-0.1, -0.05) is 67.6 Å². The highest BCUT2D eigenvalue weighted by Crippen LogP contribution is 2.26. The lowest BCUT2D eigenvalue weighted by Gasteiger charge is -2.12. The van der Waals surface area contributed by atoms with Crippen molar-refractivity contribution >= 4 is 17.4 Å². The fourth-order valence-electron chi connectivity index (χ4n) is 3.05. The van der Waals surface area contributed by atoms with Gasteiger partial charge in [0.2, 0.25) is 0 Å². The molecule has 3 rings (SSSR count). The van der Waals surface area contributed by atoms with E-state index >= 15 is 0 Å². The lowest BCUT2D eigenvalue weighted by Crippen LogP contribution is -2.05. The minimum absolute atomic E-state index is 0.0627. The zero-order valence-corrected chi connectivity index (χ0v) is 15.3. The van der Waals surface area contributed by atoms with Crippen LogP contribution < -0.4 is 0 Å². The summed E-state index contributed by atoms with van der Waals surface area (Å²) in [4.78, 5) is 20.5. The van der Waals surface area contributed by atoms with Crippen LogP contribution in [-0.2, 0) is 17.6 Å². The van der Waals surface area contributed by atoms with Crippen LogP contribution in [0.2, 0.25) is 0 Å². The lowest BCUT2D eigenvalue weighted by atomic mass is 10.0. The third-order valence-corrected chi connectivity index (χ3v) is 4.37. The van der Waals surface area contributed by atoms with Crippen molar-refractivity contribution in [2.24, 2.45) is 4.99 Å². The summed E-state index contributed by atoms with van der Waals surface area (Å²) in [6, 6.07) is 21.9. The van der Waals surface area contributed by atoms with Crippen molar-refractivity contribution in [3.05, 3.63) is 95.3 Å². The lowest BCUT2D eigenvalue weighted by molar-refractivity contribution is -0.136. The van der Waals surface area contributed by atoms with Gasteiger partial charge in [0.15, 0.2) is 0 Å². The van der Waals surface area contributed by atoms with Crippen LogP contribution in [0.15, 0.2) is 77.9 Å². The van der Waals surface area contributed by atoms with Gasteiger partial charge in [-0.3, -0.25) is 9.78 Å².